The van der Waals surface area contributed by atoms with Gasteiger partial charge in [0, 0.05) is 25.8 Å². The summed E-state index contributed by atoms with van der Waals surface area (Å²) in [5, 5.41) is 5.12. The number of piperidine rings is 1. The van der Waals surface area contributed by atoms with Crippen molar-refractivity contribution in [2.24, 2.45) is 5.92 Å². The average Bonchev–Trinajstić information content (AvgIpc) is 3.03. The zero-order valence-electron chi connectivity index (χ0n) is 16.5. The first-order chi connectivity index (χ1) is 14.0. The molecule has 2 fully saturated rings. The van der Waals surface area contributed by atoms with Gasteiger partial charge < -0.3 is 15.1 Å². The molecule has 0 aromatic carbocycles. The minimum atomic E-state index is -0.520. The van der Waals surface area contributed by atoms with Crippen molar-refractivity contribution in [3.05, 3.63) is 23.8 Å². The topological polar surface area (TPSA) is 125 Å². The summed E-state index contributed by atoms with van der Waals surface area (Å²) in [7, 11) is 0. The maximum atomic E-state index is 12.5. The van der Waals surface area contributed by atoms with E-state index >= 15 is 0 Å². The highest BCUT2D eigenvalue weighted by Gasteiger charge is 2.31. The second kappa shape index (κ2) is 9.44. The molecule has 5 amide bonds. The molecule has 29 heavy (non-hydrogen) atoms. The molecule has 2 N–H and O–H groups in total. The largest absolute Gasteiger partial charge is 0.352 e. The molecule has 0 atom stereocenters. The number of aryl methyl sites for hydroxylation is 1. The number of aromatic nitrogens is 2. The van der Waals surface area contributed by atoms with Crippen LogP contribution in [0.25, 0.3) is 0 Å². The Morgan fingerprint density at radius 2 is 2.03 bits per heavy atom. The minimum Gasteiger partial charge on any atom is -0.352 e. The molecule has 0 bridgehead atoms. The van der Waals surface area contributed by atoms with Gasteiger partial charge in [0.1, 0.15) is 19.4 Å². The van der Waals surface area contributed by atoms with Gasteiger partial charge in [0.15, 0.2) is 0 Å². The van der Waals surface area contributed by atoms with Gasteiger partial charge in [-0.2, -0.15) is 0 Å². The molecule has 3 heterocycles. The molecular weight excluding hydrogens is 376 g/mol. The fraction of sp³-hybridized carbons (Fsp3) is 0.579. The Hall–Kier alpha value is -3.04. The SMILES string of the molecule is CCCc1ncncc1C(=O)NCC1CCN(C(=O)CN2CC(=O)NC2=O)CC1. The second-order valence-corrected chi connectivity index (χ2v) is 7.38. The van der Waals surface area contributed by atoms with Crippen LogP contribution in [0.5, 0.6) is 0 Å². The van der Waals surface area contributed by atoms with E-state index in [0.29, 0.717) is 25.2 Å². The van der Waals surface area contributed by atoms with Gasteiger partial charge in [-0.3, -0.25) is 19.7 Å². The van der Waals surface area contributed by atoms with Crippen LogP contribution in [0.3, 0.4) is 0 Å². The Morgan fingerprint density at radius 1 is 1.28 bits per heavy atom. The van der Waals surface area contributed by atoms with Crippen molar-refractivity contribution in [3.8, 4) is 0 Å². The van der Waals surface area contributed by atoms with E-state index < -0.39 is 6.03 Å². The van der Waals surface area contributed by atoms with Crippen LogP contribution >= 0.6 is 0 Å². The molecule has 10 nitrogen and oxygen atoms in total. The number of hydrogen-bond donors (Lipinski definition) is 2. The Kier molecular flexibility index (Phi) is 6.73. The molecule has 1 aromatic rings. The van der Waals surface area contributed by atoms with Gasteiger partial charge in [-0.15, -0.1) is 0 Å². The summed E-state index contributed by atoms with van der Waals surface area (Å²) in [5.74, 6) is -0.442. The van der Waals surface area contributed by atoms with E-state index in [1.165, 1.54) is 11.2 Å². The van der Waals surface area contributed by atoms with Crippen molar-refractivity contribution in [1.29, 1.82) is 0 Å². The van der Waals surface area contributed by atoms with E-state index in [4.69, 9.17) is 0 Å². The highest BCUT2D eigenvalue weighted by atomic mass is 16.2. The molecule has 10 heteroatoms. The molecular formula is C19H26N6O4. The number of carbonyl (C=O) groups excluding carboxylic acids is 4. The Labute approximate surface area is 169 Å². The van der Waals surface area contributed by atoms with E-state index in [1.54, 1.807) is 11.1 Å². The van der Waals surface area contributed by atoms with E-state index in [-0.39, 0.29) is 36.7 Å². The van der Waals surface area contributed by atoms with Crippen molar-refractivity contribution in [1.82, 2.24) is 30.4 Å². The maximum absolute atomic E-state index is 12.5. The summed E-state index contributed by atoms with van der Waals surface area (Å²) in [6.07, 6.45) is 6.17. The summed E-state index contributed by atoms with van der Waals surface area (Å²) in [4.78, 5) is 58.7. The predicted molar refractivity (Wildman–Crippen MR) is 103 cm³/mol. The standard InChI is InChI=1S/C19H26N6O4/c1-2-3-15-14(9-20-12-22-15)18(28)21-8-13-4-6-24(7-5-13)17(27)11-25-10-16(26)23-19(25)29/h9,12-13H,2-8,10-11H2,1H3,(H,21,28)(H,23,26,29). The number of imide groups is 1. The molecule has 3 rings (SSSR count). The van der Waals surface area contributed by atoms with E-state index in [2.05, 4.69) is 20.6 Å². The van der Waals surface area contributed by atoms with Gasteiger partial charge in [0.2, 0.25) is 11.8 Å². The normalized spacial score (nSPS) is 17.4. The molecule has 0 saturated carbocycles. The summed E-state index contributed by atoms with van der Waals surface area (Å²) in [5.41, 5.74) is 1.27. The van der Waals surface area contributed by atoms with Crippen LogP contribution < -0.4 is 10.6 Å². The number of hydrogen-bond acceptors (Lipinski definition) is 6. The minimum absolute atomic E-state index is 0.0731. The Morgan fingerprint density at radius 3 is 2.69 bits per heavy atom. The second-order valence-electron chi connectivity index (χ2n) is 7.38. The maximum Gasteiger partial charge on any atom is 0.325 e. The quantitative estimate of drug-likeness (QED) is 0.616. The van der Waals surface area contributed by atoms with Gasteiger partial charge in [0.25, 0.3) is 5.91 Å². The first-order valence-corrected chi connectivity index (χ1v) is 9.91. The van der Waals surface area contributed by atoms with Crippen LogP contribution in [0.2, 0.25) is 0 Å². The lowest BCUT2D eigenvalue weighted by molar-refractivity contribution is -0.133. The third-order valence-corrected chi connectivity index (χ3v) is 5.24. The van der Waals surface area contributed by atoms with Crippen LogP contribution in [0.1, 0.15) is 42.2 Å². The van der Waals surface area contributed by atoms with Crippen LogP contribution in [0, 0.1) is 5.92 Å². The molecule has 0 spiro atoms. The molecule has 156 valence electrons. The van der Waals surface area contributed by atoms with Gasteiger partial charge in [0.05, 0.1) is 11.3 Å². The number of carbonyl (C=O) groups is 4. The average molecular weight is 402 g/mol. The molecule has 1 aromatic heterocycles. The van der Waals surface area contributed by atoms with Crippen LogP contribution in [0.4, 0.5) is 4.79 Å². The summed E-state index contributed by atoms with van der Waals surface area (Å²) in [6, 6.07) is -0.520. The number of amides is 5. The summed E-state index contributed by atoms with van der Waals surface area (Å²) in [6.45, 7) is 3.54. The number of nitrogens with zero attached hydrogens (tertiary/aromatic N) is 4. The van der Waals surface area contributed by atoms with Crippen molar-refractivity contribution in [3.63, 3.8) is 0 Å². The van der Waals surface area contributed by atoms with E-state index in [9.17, 15) is 19.2 Å². The number of nitrogens with one attached hydrogen (secondary N) is 2. The fourth-order valence-electron chi connectivity index (χ4n) is 3.57. The zero-order valence-corrected chi connectivity index (χ0v) is 16.5. The lowest BCUT2D eigenvalue weighted by Gasteiger charge is -2.32. The van der Waals surface area contributed by atoms with Crippen molar-refractivity contribution in [2.75, 3.05) is 32.7 Å². The number of likely N-dealkylation sites (tertiary alicyclic amines) is 1. The number of rotatable bonds is 7. The highest BCUT2D eigenvalue weighted by molar-refractivity contribution is 6.03. The molecule has 2 aliphatic rings. The van der Waals surface area contributed by atoms with Gasteiger partial charge >= 0.3 is 6.03 Å². The van der Waals surface area contributed by atoms with E-state index in [1.807, 2.05) is 6.92 Å². The first-order valence-electron chi connectivity index (χ1n) is 9.91. The lowest BCUT2D eigenvalue weighted by Crippen LogP contribution is -2.46. The van der Waals surface area contributed by atoms with Gasteiger partial charge in [-0.05, 0) is 25.2 Å². The molecule has 0 aliphatic carbocycles. The highest BCUT2D eigenvalue weighted by Crippen LogP contribution is 2.17. The van der Waals surface area contributed by atoms with Crippen LogP contribution in [-0.4, -0.2) is 76.2 Å². The predicted octanol–water partition coefficient (Wildman–Crippen LogP) is -0.0507. The molecule has 2 saturated heterocycles. The first kappa shape index (κ1) is 20.7. The smallest absolute Gasteiger partial charge is 0.325 e. The molecule has 0 radical (unpaired) electrons. The third kappa shape index (κ3) is 5.27. The van der Waals surface area contributed by atoms with Crippen molar-refractivity contribution >= 4 is 23.8 Å². The lowest BCUT2D eigenvalue weighted by atomic mass is 9.96. The monoisotopic (exact) mass is 402 g/mol. The summed E-state index contributed by atoms with van der Waals surface area (Å²) >= 11 is 0. The van der Waals surface area contributed by atoms with Gasteiger partial charge in [-0.25, -0.2) is 14.8 Å². The van der Waals surface area contributed by atoms with Gasteiger partial charge in [-0.1, -0.05) is 13.3 Å². The Balaban J connectivity index is 1.43. The van der Waals surface area contributed by atoms with Crippen LogP contribution in [0.15, 0.2) is 12.5 Å². The fourth-order valence-corrected chi connectivity index (χ4v) is 3.57. The zero-order chi connectivity index (χ0) is 20.8. The number of urea groups is 1. The molecule has 0 unspecified atom stereocenters. The van der Waals surface area contributed by atoms with Crippen LogP contribution in [-0.2, 0) is 16.0 Å². The van der Waals surface area contributed by atoms with Crippen molar-refractivity contribution < 1.29 is 19.2 Å². The Bertz CT molecular complexity index is 791. The third-order valence-electron chi connectivity index (χ3n) is 5.24. The molecule has 2 aliphatic heterocycles. The van der Waals surface area contributed by atoms with Crippen molar-refractivity contribution in [2.45, 2.75) is 32.6 Å². The summed E-state index contributed by atoms with van der Waals surface area (Å²) < 4.78 is 0. The van der Waals surface area contributed by atoms with E-state index in [0.717, 1.165) is 31.4 Å².